The Hall–Kier alpha value is -3.50. The van der Waals surface area contributed by atoms with Gasteiger partial charge in [0.05, 0.1) is 10.8 Å². The van der Waals surface area contributed by atoms with Gasteiger partial charge in [0.15, 0.2) is 0 Å². The van der Waals surface area contributed by atoms with Crippen LogP contribution in [0.15, 0.2) is 60.7 Å². The van der Waals surface area contributed by atoms with E-state index >= 15 is 0 Å². The fourth-order valence-electron chi connectivity index (χ4n) is 3.84. The lowest BCUT2D eigenvalue weighted by molar-refractivity contribution is -0.121. The van der Waals surface area contributed by atoms with Crippen LogP contribution in [0.5, 0.6) is 0 Å². The number of aryl methyl sites for hydroxylation is 2. The van der Waals surface area contributed by atoms with Crippen molar-refractivity contribution in [3.05, 3.63) is 81.8 Å². The molecular weight excluding hydrogens is 516 g/mol. The molecule has 0 aliphatic rings. The molecule has 2 amide bonds. The summed E-state index contributed by atoms with van der Waals surface area (Å²) in [5.41, 5.74) is 0.539. The molecule has 0 aliphatic heterocycles. The molecule has 8 nitrogen and oxygen atoms in total. The zero-order chi connectivity index (χ0) is 27.2. The van der Waals surface area contributed by atoms with E-state index in [1.54, 1.807) is 0 Å². The lowest BCUT2D eigenvalue weighted by Crippen LogP contribution is -2.34. The first-order chi connectivity index (χ1) is 18.2. The van der Waals surface area contributed by atoms with E-state index in [9.17, 15) is 9.59 Å². The van der Waals surface area contributed by atoms with E-state index in [1.165, 1.54) is 22.7 Å². The summed E-state index contributed by atoms with van der Waals surface area (Å²) in [5.74, 6) is -0.226. The van der Waals surface area contributed by atoms with Crippen LogP contribution < -0.4 is 10.6 Å². The van der Waals surface area contributed by atoms with Crippen molar-refractivity contribution in [3.8, 4) is 0 Å². The fraction of sp³-hybridized carbons (Fsp3) is 0.357. The monoisotopic (exact) mass is 548 g/mol. The third-order valence-electron chi connectivity index (χ3n) is 6.53. The zero-order valence-corrected chi connectivity index (χ0v) is 23.7. The lowest BCUT2D eigenvalue weighted by atomic mass is 9.84. The second kappa shape index (κ2) is 11.9. The van der Waals surface area contributed by atoms with Crippen molar-refractivity contribution in [2.24, 2.45) is 0 Å². The predicted octanol–water partition coefficient (Wildman–Crippen LogP) is 5.79. The van der Waals surface area contributed by atoms with Crippen molar-refractivity contribution >= 4 is 44.8 Å². The molecule has 0 aliphatic carbocycles. The Labute approximate surface area is 231 Å². The summed E-state index contributed by atoms with van der Waals surface area (Å²) < 4.78 is 0. The molecule has 0 bridgehead atoms. The van der Waals surface area contributed by atoms with Crippen molar-refractivity contribution in [2.45, 2.75) is 64.2 Å². The Morgan fingerprint density at radius 2 is 1.00 bits per heavy atom. The van der Waals surface area contributed by atoms with Gasteiger partial charge in [-0.1, -0.05) is 83.3 Å². The Morgan fingerprint density at radius 3 is 1.37 bits per heavy atom. The molecule has 0 spiro atoms. The van der Waals surface area contributed by atoms with Crippen molar-refractivity contribution in [2.75, 3.05) is 10.6 Å². The molecule has 0 saturated carbocycles. The SMILES string of the molecule is CC(C)(C(=O)Nc1nnc(CCCCc2nnc(NC(=O)C(C)(C)c3ccccc3)s2)s1)c1ccccc1. The zero-order valence-electron chi connectivity index (χ0n) is 22.0. The van der Waals surface area contributed by atoms with Crippen molar-refractivity contribution in [1.82, 2.24) is 20.4 Å². The van der Waals surface area contributed by atoms with Gasteiger partial charge in [-0.05, 0) is 51.7 Å². The predicted molar refractivity (Wildman–Crippen MR) is 153 cm³/mol. The second-order valence-electron chi connectivity index (χ2n) is 10.1. The van der Waals surface area contributed by atoms with Gasteiger partial charge in [0.1, 0.15) is 10.0 Å². The summed E-state index contributed by atoms with van der Waals surface area (Å²) in [7, 11) is 0. The average molecular weight is 549 g/mol. The smallest absolute Gasteiger partial charge is 0.236 e. The van der Waals surface area contributed by atoms with E-state index in [2.05, 4.69) is 31.0 Å². The van der Waals surface area contributed by atoms with Gasteiger partial charge in [-0.2, -0.15) is 0 Å². The number of carbonyl (C=O) groups is 2. The first-order valence-electron chi connectivity index (χ1n) is 12.5. The maximum Gasteiger partial charge on any atom is 0.236 e. The summed E-state index contributed by atoms with van der Waals surface area (Å²) in [6, 6.07) is 19.4. The Kier molecular flexibility index (Phi) is 8.63. The van der Waals surface area contributed by atoms with E-state index in [4.69, 9.17) is 0 Å². The quantitative estimate of drug-likeness (QED) is 0.230. The third-order valence-corrected chi connectivity index (χ3v) is 8.33. The number of aromatic nitrogens is 4. The number of nitrogens with one attached hydrogen (secondary N) is 2. The van der Waals surface area contributed by atoms with Gasteiger partial charge in [-0.3, -0.25) is 20.2 Å². The molecule has 38 heavy (non-hydrogen) atoms. The molecule has 198 valence electrons. The largest absolute Gasteiger partial charge is 0.300 e. The number of unbranched alkanes of at least 4 members (excludes halogenated alkanes) is 1. The average Bonchev–Trinajstić information content (AvgIpc) is 3.56. The molecule has 0 fully saturated rings. The molecule has 0 atom stereocenters. The number of amides is 2. The van der Waals surface area contributed by atoms with Gasteiger partial charge < -0.3 is 0 Å². The maximum absolute atomic E-state index is 12.8. The number of nitrogens with zero attached hydrogens (tertiary/aromatic N) is 4. The molecule has 0 saturated heterocycles. The highest BCUT2D eigenvalue weighted by molar-refractivity contribution is 7.15. The van der Waals surface area contributed by atoms with Gasteiger partial charge in [0.25, 0.3) is 0 Å². The van der Waals surface area contributed by atoms with Gasteiger partial charge in [0, 0.05) is 12.8 Å². The van der Waals surface area contributed by atoms with Crippen molar-refractivity contribution in [1.29, 1.82) is 0 Å². The molecule has 2 aromatic heterocycles. The van der Waals surface area contributed by atoms with Crippen LogP contribution in [0.2, 0.25) is 0 Å². The van der Waals surface area contributed by atoms with E-state index in [1.807, 2.05) is 88.4 Å². The highest BCUT2D eigenvalue weighted by Crippen LogP contribution is 2.28. The number of hydrogen-bond donors (Lipinski definition) is 2. The Bertz CT molecular complexity index is 1260. The van der Waals surface area contributed by atoms with Crippen molar-refractivity contribution in [3.63, 3.8) is 0 Å². The first kappa shape index (κ1) is 27.5. The second-order valence-corrected chi connectivity index (χ2v) is 12.2. The lowest BCUT2D eigenvalue weighted by Gasteiger charge is -2.23. The highest BCUT2D eigenvalue weighted by Gasteiger charge is 2.31. The van der Waals surface area contributed by atoms with Crippen LogP contribution in [0.25, 0.3) is 0 Å². The van der Waals surface area contributed by atoms with Crippen LogP contribution in [0.4, 0.5) is 10.3 Å². The van der Waals surface area contributed by atoms with Crippen LogP contribution in [-0.4, -0.2) is 32.2 Å². The normalized spacial score (nSPS) is 11.8. The van der Waals surface area contributed by atoms with E-state index in [-0.39, 0.29) is 11.8 Å². The molecule has 2 heterocycles. The minimum atomic E-state index is -0.676. The molecule has 4 rings (SSSR count). The molecule has 0 radical (unpaired) electrons. The summed E-state index contributed by atoms with van der Waals surface area (Å²) in [4.78, 5) is 25.7. The van der Waals surface area contributed by atoms with Gasteiger partial charge in [0.2, 0.25) is 22.1 Å². The van der Waals surface area contributed by atoms with E-state index in [0.29, 0.717) is 10.3 Å². The van der Waals surface area contributed by atoms with Gasteiger partial charge in [-0.25, -0.2) is 0 Å². The van der Waals surface area contributed by atoms with Crippen LogP contribution in [0, 0.1) is 0 Å². The van der Waals surface area contributed by atoms with Crippen LogP contribution in [-0.2, 0) is 33.3 Å². The summed E-state index contributed by atoms with van der Waals surface area (Å²) in [6.07, 6.45) is 3.34. The molecule has 10 heteroatoms. The Morgan fingerprint density at radius 1 is 0.632 bits per heavy atom. The first-order valence-corrected chi connectivity index (χ1v) is 14.2. The van der Waals surface area contributed by atoms with Crippen LogP contribution in [0.3, 0.4) is 0 Å². The summed E-state index contributed by atoms with van der Waals surface area (Å²) >= 11 is 2.81. The van der Waals surface area contributed by atoms with E-state index < -0.39 is 10.8 Å². The minimum Gasteiger partial charge on any atom is -0.300 e. The molecule has 0 unspecified atom stereocenters. The topological polar surface area (TPSA) is 110 Å². The number of rotatable bonds is 11. The number of carbonyl (C=O) groups excluding carboxylic acids is 2. The molecular formula is C28H32N6O2S2. The Balaban J connectivity index is 1.22. The summed E-state index contributed by atoms with van der Waals surface area (Å²) in [5, 5.41) is 25.4. The maximum atomic E-state index is 12.8. The molecule has 2 N–H and O–H groups in total. The number of benzene rings is 2. The van der Waals surface area contributed by atoms with Crippen LogP contribution >= 0.6 is 22.7 Å². The van der Waals surface area contributed by atoms with Crippen LogP contribution in [0.1, 0.15) is 61.7 Å². The van der Waals surface area contributed by atoms with Gasteiger partial charge in [-0.15, -0.1) is 20.4 Å². The van der Waals surface area contributed by atoms with Gasteiger partial charge >= 0.3 is 0 Å². The van der Waals surface area contributed by atoms with Crippen molar-refractivity contribution < 1.29 is 9.59 Å². The fourth-order valence-corrected chi connectivity index (χ4v) is 5.39. The summed E-state index contributed by atoms with van der Waals surface area (Å²) in [6.45, 7) is 7.59. The standard InChI is InChI=1S/C28H32N6O2S2/c1-27(2,19-13-7-5-8-14-19)23(35)29-25-33-31-21(37-25)17-11-12-18-22-32-34-26(38-22)30-24(36)28(3,4)20-15-9-6-10-16-20/h5-10,13-16H,11-12,17-18H2,1-4H3,(H,29,33,35)(H,30,34,36). The number of anilines is 2. The number of hydrogen-bond acceptors (Lipinski definition) is 8. The molecule has 2 aromatic carbocycles. The minimum absolute atomic E-state index is 0.113. The third kappa shape index (κ3) is 6.68. The van der Waals surface area contributed by atoms with E-state index in [0.717, 1.165) is 46.8 Å². The highest BCUT2D eigenvalue weighted by atomic mass is 32.1. The molecule has 4 aromatic rings.